The number of hydrogen-bond acceptors (Lipinski definition) is 4. The lowest BCUT2D eigenvalue weighted by molar-refractivity contribution is 0.168. The molecular formula is C13H28N2O3Si. The van der Waals surface area contributed by atoms with Crippen molar-refractivity contribution in [3.63, 3.8) is 0 Å². The average Bonchev–Trinajstić information content (AvgIpc) is 2.30. The maximum absolute atomic E-state index is 8.33. The van der Waals surface area contributed by atoms with Gasteiger partial charge in [-0.1, -0.05) is 38.1 Å². The van der Waals surface area contributed by atoms with Gasteiger partial charge in [0.05, 0.1) is 19.8 Å². The highest BCUT2D eigenvalue weighted by atomic mass is 28.4. The molecule has 6 heteroatoms. The minimum Gasteiger partial charge on any atom is -0.413 e. The Hall–Kier alpha value is -0.853. The summed E-state index contributed by atoms with van der Waals surface area (Å²) in [7, 11) is -1.65. The van der Waals surface area contributed by atoms with Gasteiger partial charge in [0.2, 0.25) is 0 Å². The Morgan fingerprint density at radius 3 is 2.37 bits per heavy atom. The molecule has 3 N–H and O–H groups in total. The van der Waals surface area contributed by atoms with Crippen LogP contribution in [0.15, 0.2) is 17.3 Å². The predicted octanol–water partition coefficient (Wildman–Crippen LogP) is 2.72. The summed E-state index contributed by atoms with van der Waals surface area (Å²) in [5.74, 6) is 0.185. The zero-order chi connectivity index (χ0) is 14.9. The fraction of sp³-hybridized carbons (Fsp3) is 0.769. The van der Waals surface area contributed by atoms with Gasteiger partial charge in [0, 0.05) is 6.42 Å². The highest BCUT2D eigenvalue weighted by molar-refractivity contribution is 6.74. The predicted molar refractivity (Wildman–Crippen MR) is 81.1 cm³/mol. The topological polar surface area (TPSA) is 77.1 Å². The van der Waals surface area contributed by atoms with E-state index in [1.165, 1.54) is 0 Å². The second-order valence-corrected chi connectivity index (χ2v) is 10.8. The molecule has 0 radical (unpaired) electrons. The summed E-state index contributed by atoms with van der Waals surface area (Å²) in [6.07, 6.45) is 4.34. The Morgan fingerprint density at radius 2 is 1.84 bits per heavy atom. The largest absolute Gasteiger partial charge is 0.413 e. The second-order valence-electron chi connectivity index (χ2n) is 5.96. The van der Waals surface area contributed by atoms with Crippen LogP contribution in [0.1, 0.15) is 27.2 Å². The molecule has 0 rings (SSSR count). The molecule has 19 heavy (non-hydrogen) atoms. The molecular weight excluding hydrogens is 260 g/mol. The Bertz CT molecular complexity index is 310. The van der Waals surface area contributed by atoms with Gasteiger partial charge >= 0.3 is 0 Å². The van der Waals surface area contributed by atoms with Crippen LogP contribution in [-0.2, 0) is 9.16 Å². The van der Waals surface area contributed by atoms with E-state index in [4.69, 9.17) is 20.1 Å². The Kier molecular flexibility index (Phi) is 7.97. The first-order chi connectivity index (χ1) is 8.70. The first-order valence-electron chi connectivity index (χ1n) is 6.54. The third kappa shape index (κ3) is 8.02. The molecule has 0 aliphatic rings. The molecule has 5 nitrogen and oxygen atoms in total. The molecule has 0 aliphatic heterocycles. The van der Waals surface area contributed by atoms with Crippen molar-refractivity contribution in [3.8, 4) is 0 Å². The summed E-state index contributed by atoms with van der Waals surface area (Å²) in [4.78, 5) is 0. The lowest BCUT2D eigenvalue weighted by Crippen LogP contribution is -2.40. The van der Waals surface area contributed by atoms with E-state index < -0.39 is 8.32 Å². The van der Waals surface area contributed by atoms with Crippen LogP contribution in [0.3, 0.4) is 0 Å². The quantitative estimate of drug-likeness (QED) is 0.137. The van der Waals surface area contributed by atoms with Crippen LogP contribution in [0.25, 0.3) is 0 Å². The summed E-state index contributed by atoms with van der Waals surface area (Å²) in [6, 6.07) is 0. The van der Waals surface area contributed by atoms with E-state index in [1.807, 2.05) is 12.2 Å². The van der Waals surface area contributed by atoms with Crippen LogP contribution in [-0.4, -0.2) is 39.2 Å². The van der Waals surface area contributed by atoms with Crippen LogP contribution in [0.2, 0.25) is 18.1 Å². The van der Waals surface area contributed by atoms with E-state index in [1.54, 1.807) is 0 Å². The summed E-state index contributed by atoms with van der Waals surface area (Å²) >= 11 is 0. The fourth-order valence-electron chi connectivity index (χ4n) is 0.987. The Labute approximate surface area is 117 Å². The summed E-state index contributed by atoms with van der Waals surface area (Å²) in [5.41, 5.74) is 5.31. The number of ether oxygens (including phenoxy) is 1. The number of oxime groups is 1. The molecule has 0 fully saturated rings. The minimum atomic E-state index is -1.65. The molecule has 0 aliphatic carbocycles. The molecule has 0 spiro atoms. The number of hydrogen-bond donors (Lipinski definition) is 2. The van der Waals surface area contributed by atoms with Crippen LogP contribution in [0.4, 0.5) is 0 Å². The van der Waals surface area contributed by atoms with E-state index in [2.05, 4.69) is 39.0 Å². The smallest absolute Gasteiger partial charge is 0.192 e. The van der Waals surface area contributed by atoms with Gasteiger partial charge in [-0.15, -0.1) is 0 Å². The van der Waals surface area contributed by atoms with Crippen molar-refractivity contribution in [2.24, 2.45) is 10.9 Å². The molecule has 0 bridgehead atoms. The zero-order valence-corrected chi connectivity index (χ0v) is 13.8. The summed E-state index contributed by atoms with van der Waals surface area (Å²) in [5, 5.41) is 11.4. The summed E-state index contributed by atoms with van der Waals surface area (Å²) < 4.78 is 11.3. The normalized spacial score (nSPS) is 14.3. The minimum absolute atomic E-state index is 0.185. The van der Waals surface area contributed by atoms with Gasteiger partial charge in [-0.05, 0) is 18.1 Å². The summed E-state index contributed by atoms with van der Waals surface area (Å²) in [6.45, 7) is 12.7. The molecule has 0 unspecified atom stereocenters. The van der Waals surface area contributed by atoms with Gasteiger partial charge in [0.25, 0.3) is 0 Å². The number of nitrogens with two attached hydrogens (primary N) is 1. The van der Waals surface area contributed by atoms with Crippen LogP contribution < -0.4 is 5.73 Å². The van der Waals surface area contributed by atoms with Crippen LogP contribution >= 0.6 is 0 Å². The lowest BCUT2D eigenvalue weighted by Gasteiger charge is -2.35. The fourth-order valence-corrected chi connectivity index (χ4v) is 1.93. The molecule has 0 aromatic rings. The first-order valence-corrected chi connectivity index (χ1v) is 9.44. The third-order valence-electron chi connectivity index (χ3n) is 3.36. The van der Waals surface area contributed by atoms with E-state index in [-0.39, 0.29) is 10.9 Å². The van der Waals surface area contributed by atoms with E-state index >= 15 is 0 Å². The van der Waals surface area contributed by atoms with Gasteiger partial charge in [-0.3, -0.25) is 0 Å². The molecule has 0 saturated carbocycles. The van der Waals surface area contributed by atoms with Gasteiger partial charge in [-0.25, -0.2) is 0 Å². The Morgan fingerprint density at radius 1 is 1.26 bits per heavy atom. The van der Waals surface area contributed by atoms with E-state index in [9.17, 15) is 0 Å². The second kappa shape index (κ2) is 8.34. The molecule has 112 valence electrons. The molecule has 0 heterocycles. The van der Waals surface area contributed by atoms with Gasteiger partial charge in [0.15, 0.2) is 8.32 Å². The average molecular weight is 288 g/mol. The van der Waals surface area contributed by atoms with Crippen LogP contribution in [0, 0.1) is 0 Å². The van der Waals surface area contributed by atoms with E-state index in [0.29, 0.717) is 26.2 Å². The highest BCUT2D eigenvalue weighted by Crippen LogP contribution is 2.36. The van der Waals surface area contributed by atoms with Crippen molar-refractivity contribution in [2.75, 3.05) is 19.8 Å². The van der Waals surface area contributed by atoms with Crippen LogP contribution in [0.5, 0.6) is 0 Å². The van der Waals surface area contributed by atoms with E-state index in [0.717, 1.165) is 0 Å². The van der Waals surface area contributed by atoms with Gasteiger partial charge in [-0.2, -0.15) is 0 Å². The van der Waals surface area contributed by atoms with Crippen molar-refractivity contribution >= 4 is 14.2 Å². The molecule has 0 atom stereocenters. The SMILES string of the molecule is CC(C)(C)[Si](C)(C)OCC=CCOCCC(N)=NO. The zero-order valence-electron chi connectivity index (χ0n) is 12.8. The number of amidine groups is 1. The molecule has 0 aromatic carbocycles. The standard InChI is InChI=1S/C13H28N2O3Si/c1-13(2,3)19(4,5)18-10-7-6-9-17-11-8-12(14)15-16/h6-7,16H,8-11H2,1-5H3,(H2,14,15). The van der Waals surface area contributed by atoms with Gasteiger partial charge < -0.3 is 20.1 Å². The lowest BCUT2D eigenvalue weighted by atomic mass is 10.2. The van der Waals surface area contributed by atoms with Crippen molar-refractivity contribution in [1.29, 1.82) is 0 Å². The number of rotatable bonds is 8. The van der Waals surface area contributed by atoms with Gasteiger partial charge in [0.1, 0.15) is 5.84 Å². The third-order valence-corrected chi connectivity index (χ3v) is 7.86. The van der Waals surface area contributed by atoms with Crippen molar-refractivity contribution < 1.29 is 14.4 Å². The molecule has 0 saturated heterocycles. The first kappa shape index (κ1) is 18.1. The monoisotopic (exact) mass is 288 g/mol. The van der Waals surface area contributed by atoms with Crippen molar-refractivity contribution in [3.05, 3.63) is 12.2 Å². The number of nitrogens with zero attached hydrogens (tertiary/aromatic N) is 1. The van der Waals surface area contributed by atoms with Crippen molar-refractivity contribution in [2.45, 2.75) is 45.3 Å². The molecule has 0 aromatic heterocycles. The maximum Gasteiger partial charge on any atom is 0.192 e. The molecule has 0 amide bonds. The Balaban J connectivity index is 3.71. The maximum atomic E-state index is 8.33. The highest BCUT2D eigenvalue weighted by Gasteiger charge is 2.36. The van der Waals surface area contributed by atoms with Crippen molar-refractivity contribution in [1.82, 2.24) is 0 Å².